The number of ether oxygens (including phenoxy) is 1. The molecule has 0 bridgehead atoms. The lowest BCUT2D eigenvalue weighted by Gasteiger charge is -2.03. The summed E-state index contributed by atoms with van der Waals surface area (Å²) in [6.07, 6.45) is 0. The van der Waals surface area contributed by atoms with Crippen molar-refractivity contribution in [1.82, 2.24) is 0 Å². The first-order chi connectivity index (χ1) is 6.06. The zero-order chi connectivity index (χ0) is 10.0. The molecule has 0 heterocycles. The maximum Gasteiger partial charge on any atom is 0.305 e. The van der Waals surface area contributed by atoms with Crippen molar-refractivity contribution in [3.05, 3.63) is 33.6 Å². The second kappa shape index (κ2) is 3.38. The fourth-order valence-corrected chi connectivity index (χ4v) is 1.01. The Labute approximate surface area is 74.1 Å². The zero-order valence-electron chi connectivity index (χ0n) is 7.20. The van der Waals surface area contributed by atoms with Crippen molar-refractivity contribution >= 4 is 5.69 Å². The summed E-state index contributed by atoms with van der Waals surface area (Å²) in [5.74, 6) is -0.574. The molecule has 70 valence electrons. The molecule has 1 aromatic carbocycles. The topological polar surface area (TPSA) is 52.4 Å². The van der Waals surface area contributed by atoms with E-state index in [0.717, 1.165) is 12.1 Å². The van der Waals surface area contributed by atoms with Crippen molar-refractivity contribution < 1.29 is 14.1 Å². The standard InChI is InChI=1S/C8H8FNO3/c1-5-3-7(10(11)12)6(9)4-8(5)13-2/h3-4H,1-2H3. The van der Waals surface area contributed by atoms with Crippen molar-refractivity contribution in [2.45, 2.75) is 6.92 Å². The Morgan fingerprint density at radius 3 is 2.62 bits per heavy atom. The van der Waals surface area contributed by atoms with Gasteiger partial charge in [-0.25, -0.2) is 0 Å². The highest BCUT2D eigenvalue weighted by atomic mass is 19.1. The van der Waals surface area contributed by atoms with E-state index in [2.05, 4.69) is 0 Å². The molecule has 0 aliphatic heterocycles. The number of halogens is 1. The molecular formula is C8H8FNO3. The zero-order valence-corrected chi connectivity index (χ0v) is 7.20. The van der Waals surface area contributed by atoms with E-state index in [4.69, 9.17) is 4.74 Å². The minimum absolute atomic E-state index is 0.308. The predicted octanol–water partition coefficient (Wildman–Crippen LogP) is 2.05. The van der Waals surface area contributed by atoms with Gasteiger partial charge in [-0.05, 0) is 12.5 Å². The smallest absolute Gasteiger partial charge is 0.305 e. The molecule has 0 saturated carbocycles. The van der Waals surface area contributed by atoms with Crippen LogP contribution in [0.1, 0.15) is 5.56 Å². The minimum atomic E-state index is -0.882. The number of nitrogens with zero attached hydrogens (tertiary/aromatic N) is 1. The van der Waals surface area contributed by atoms with Crippen LogP contribution in [0.4, 0.5) is 10.1 Å². The number of nitro groups is 1. The summed E-state index contributed by atoms with van der Waals surface area (Å²) in [5, 5.41) is 10.3. The number of benzene rings is 1. The van der Waals surface area contributed by atoms with Gasteiger partial charge in [-0.3, -0.25) is 10.1 Å². The molecule has 0 atom stereocenters. The van der Waals surface area contributed by atoms with Gasteiger partial charge in [0.1, 0.15) is 5.75 Å². The lowest BCUT2D eigenvalue weighted by molar-refractivity contribution is -0.387. The molecule has 0 unspecified atom stereocenters. The Hall–Kier alpha value is -1.65. The molecule has 0 N–H and O–H groups in total. The fraction of sp³-hybridized carbons (Fsp3) is 0.250. The Kier molecular flexibility index (Phi) is 2.46. The number of aryl methyl sites for hydroxylation is 1. The van der Waals surface area contributed by atoms with Gasteiger partial charge < -0.3 is 4.74 Å². The Morgan fingerprint density at radius 1 is 1.54 bits per heavy atom. The molecule has 0 amide bonds. The third-order valence-corrected chi connectivity index (χ3v) is 1.66. The number of methoxy groups -OCH3 is 1. The molecule has 5 heteroatoms. The lowest BCUT2D eigenvalue weighted by atomic mass is 10.2. The first-order valence-electron chi connectivity index (χ1n) is 3.54. The van der Waals surface area contributed by atoms with Crippen molar-refractivity contribution in [2.24, 2.45) is 0 Å². The van der Waals surface area contributed by atoms with E-state index in [9.17, 15) is 14.5 Å². The summed E-state index contributed by atoms with van der Waals surface area (Å²) < 4.78 is 17.7. The molecule has 4 nitrogen and oxygen atoms in total. The molecule has 0 spiro atoms. The maximum absolute atomic E-state index is 12.9. The van der Waals surface area contributed by atoms with Crippen LogP contribution in [0.2, 0.25) is 0 Å². The Morgan fingerprint density at radius 2 is 2.15 bits per heavy atom. The minimum Gasteiger partial charge on any atom is -0.496 e. The summed E-state index contributed by atoms with van der Waals surface area (Å²) in [6.45, 7) is 1.62. The van der Waals surface area contributed by atoms with Gasteiger partial charge >= 0.3 is 5.69 Å². The van der Waals surface area contributed by atoms with Crippen LogP contribution in [0.15, 0.2) is 12.1 Å². The van der Waals surface area contributed by atoms with Gasteiger partial charge in [0.25, 0.3) is 0 Å². The van der Waals surface area contributed by atoms with Crippen molar-refractivity contribution in [2.75, 3.05) is 7.11 Å². The number of rotatable bonds is 2. The second-order valence-electron chi connectivity index (χ2n) is 2.53. The van der Waals surface area contributed by atoms with Gasteiger partial charge in [0, 0.05) is 12.1 Å². The number of nitro benzene ring substituents is 1. The molecule has 1 aromatic rings. The van der Waals surface area contributed by atoms with Crippen molar-refractivity contribution in [3.8, 4) is 5.75 Å². The monoisotopic (exact) mass is 185 g/mol. The van der Waals surface area contributed by atoms with Crippen LogP contribution in [0.25, 0.3) is 0 Å². The highest BCUT2D eigenvalue weighted by molar-refractivity contribution is 5.44. The Bertz CT molecular complexity index is 351. The van der Waals surface area contributed by atoms with Gasteiger partial charge in [-0.1, -0.05) is 0 Å². The van der Waals surface area contributed by atoms with Crippen molar-refractivity contribution in [1.29, 1.82) is 0 Å². The van der Waals surface area contributed by atoms with Crippen LogP contribution in [0.3, 0.4) is 0 Å². The van der Waals surface area contributed by atoms with Gasteiger partial charge in [0.2, 0.25) is 5.82 Å². The van der Waals surface area contributed by atoms with Crippen LogP contribution >= 0.6 is 0 Å². The van der Waals surface area contributed by atoms with Crippen LogP contribution in [0, 0.1) is 22.9 Å². The molecule has 13 heavy (non-hydrogen) atoms. The Balaban J connectivity index is 3.28. The molecule has 0 radical (unpaired) electrons. The quantitative estimate of drug-likeness (QED) is 0.523. The number of hydrogen-bond donors (Lipinski definition) is 0. The average Bonchev–Trinajstić information content (AvgIpc) is 2.07. The van der Waals surface area contributed by atoms with Gasteiger partial charge in [0.05, 0.1) is 12.0 Å². The summed E-state index contributed by atoms with van der Waals surface area (Å²) >= 11 is 0. The first kappa shape index (κ1) is 9.44. The van der Waals surface area contributed by atoms with Crippen LogP contribution in [0.5, 0.6) is 5.75 Å². The van der Waals surface area contributed by atoms with Crippen molar-refractivity contribution in [3.63, 3.8) is 0 Å². The van der Waals surface area contributed by atoms with Gasteiger partial charge in [-0.2, -0.15) is 4.39 Å². The van der Waals surface area contributed by atoms with E-state index in [0.29, 0.717) is 11.3 Å². The second-order valence-corrected chi connectivity index (χ2v) is 2.53. The highest BCUT2D eigenvalue weighted by Crippen LogP contribution is 2.26. The van der Waals surface area contributed by atoms with Crippen LogP contribution in [-0.2, 0) is 0 Å². The highest BCUT2D eigenvalue weighted by Gasteiger charge is 2.16. The van der Waals surface area contributed by atoms with E-state index < -0.39 is 16.4 Å². The van der Waals surface area contributed by atoms with E-state index in [1.807, 2.05) is 0 Å². The summed E-state index contributed by atoms with van der Waals surface area (Å²) in [5.41, 5.74) is 0.00824. The maximum atomic E-state index is 12.9. The largest absolute Gasteiger partial charge is 0.496 e. The third-order valence-electron chi connectivity index (χ3n) is 1.66. The molecule has 0 aliphatic carbocycles. The first-order valence-corrected chi connectivity index (χ1v) is 3.54. The normalized spacial score (nSPS) is 9.77. The predicted molar refractivity (Wildman–Crippen MR) is 44.3 cm³/mol. The van der Waals surface area contributed by atoms with Crippen LogP contribution in [-0.4, -0.2) is 12.0 Å². The fourth-order valence-electron chi connectivity index (χ4n) is 1.01. The van der Waals surface area contributed by atoms with E-state index >= 15 is 0 Å². The molecule has 0 saturated heterocycles. The summed E-state index contributed by atoms with van der Waals surface area (Å²) in [6, 6.07) is 2.15. The van der Waals surface area contributed by atoms with Crippen LogP contribution < -0.4 is 4.74 Å². The average molecular weight is 185 g/mol. The summed E-state index contributed by atoms with van der Waals surface area (Å²) in [4.78, 5) is 9.54. The SMILES string of the molecule is COc1cc(F)c([N+](=O)[O-])cc1C. The summed E-state index contributed by atoms with van der Waals surface area (Å²) in [7, 11) is 1.38. The van der Waals surface area contributed by atoms with E-state index in [1.54, 1.807) is 6.92 Å². The lowest BCUT2D eigenvalue weighted by Crippen LogP contribution is -1.95. The molecule has 0 fully saturated rings. The third kappa shape index (κ3) is 1.74. The van der Waals surface area contributed by atoms with E-state index in [1.165, 1.54) is 7.11 Å². The molecular weight excluding hydrogens is 177 g/mol. The van der Waals surface area contributed by atoms with Gasteiger partial charge in [0.15, 0.2) is 0 Å². The molecule has 1 rings (SSSR count). The molecule has 0 aliphatic rings. The van der Waals surface area contributed by atoms with Gasteiger partial charge in [-0.15, -0.1) is 0 Å². The molecule has 0 aromatic heterocycles. The van der Waals surface area contributed by atoms with E-state index in [-0.39, 0.29) is 0 Å². The number of hydrogen-bond acceptors (Lipinski definition) is 3.